The van der Waals surface area contributed by atoms with Crippen LogP contribution in [0.1, 0.15) is 16.4 Å². The van der Waals surface area contributed by atoms with Crippen LogP contribution in [0.3, 0.4) is 0 Å². The minimum atomic E-state index is -2.78. The highest BCUT2D eigenvalue weighted by atomic mass is 32.3. The zero-order valence-electron chi connectivity index (χ0n) is 14.7. The molecule has 4 rings (SSSR count). The van der Waals surface area contributed by atoms with Crippen LogP contribution in [-0.2, 0) is 6.42 Å². The zero-order valence-corrected chi connectivity index (χ0v) is 16.3. The third-order valence-electron chi connectivity index (χ3n) is 4.50. The Morgan fingerprint density at radius 3 is 2.56 bits per heavy atom. The van der Waals surface area contributed by atoms with E-state index in [1.54, 1.807) is 24.2 Å². The highest BCUT2D eigenvalue weighted by Crippen LogP contribution is 2.64. The summed E-state index contributed by atoms with van der Waals surface area (Å²) in [5.74, 6) is 1.07. The summed E-state index contributed by atoms with van der Waals surface area (Å²) in [5.41, 5.74) is 2.08. The Hall–Kier alpha value is -1.99. The standard InChI is InChI=1S/C21H21NO3S2/c23-27(24)15-19(26-17-5-2-1-3-6-17)21-18(7-4-8-20(21)27)25-14-11-16-9-12-22-13-10-16/h1-10,12-13,19,23-24H,11,14-15H2. The number of thioether (sulfide) groups is 1. The Morgan fingerprint density at radius 1 is 1.00 bits per heavy atom. The van der Waals surface area contributed by atoms with Crippen LogP contribution in [0.5, 0.6) is 5.75 Å². The third-order valence-corrected chi connectivity index (χ3v) is 7.80. The number of hydrogen-bond donors (Lipinski definition) is 2. The van der Waals surface area contributed by atoms with Crippen molar-refractivity contribution in [3.8, 4) is 5.75 Å². The molecule has 1 aliphatic heterocycles. The van der Waals surface area contributed by atoms with E-state index < -0.39 is 10.6 Å². The molecule has 1 atom stereocenters. The first kappa shape index (κ1) is 18.4. The van der Waals surface area contributed by atoms with Crippen molar-refractivity contribution in [3.05, 3.63) is 84.2 Å². The maximum atomic E-state index is 10.6. The lowest BCUT2D eigenvalue weighted by molar-refractivity contribution is 0.318. The Labute approximate surface area is 165 Å². The smallest absolute Gasteiger partial charge is 0.125 e. The second-order valence-corrected chi connectivity index (χ2v) is 9.76. The number of hydrogen-bond acceptors (Lipinski definition) is 5. The normalized spacial score (nSPS) is 18.7. The average molecular weight is 400 g/mol. The average Bonchev–Trinajstić information content (AvgIpc) is 2.94. The lowest BCUT2D eigenvalue weighted by Gasteiger charge is -2.27. The van der Waals surface area contributed by atoms with Gasteiger partial charge in [-0.25, -0.2) is 0 Å². The second-order valence-electron chi connectivity index (χ2n) is 6.37. The fraction of sp³-hybridized carbons (Fsp3) is 0.190. The molecular formula is C21H21NO3S2. The van der Waals surface area contributed by atoms with Gasteiger partial charge in [-0.15, -0.1) is 11.8 Å². The van der Waals surface area contributed by atoms with E-state index in [1.807, 2.05) is 60.7 Å². The van der Waals surface area contributed by atoms with E-state index >= 15 is 0 Å². The molecule has 0 saturated heterocycles. The quantitative estimate of drug-likeness (QED) is 0.560. The van der Waals surface area contributed by atoms with E-state index in [4.69, 9.17) is 4.74 Å². The molecule has 1 aliphatic rings. The maximum absolute atomic E-state index is 10.6. The molecule has 1 aromatic heterocycles. The number of pyridine rings is 1. The molecule has 0 radical (unpaired) electrons. The van der Waals surface area contributed by atoms with Crippen molar-refractivity contribution >= 4 is 22.4 Å². The summed E-state index contributed by atoms with van der Waals surface area (Å²) in [6.07, 6.45) is 4.33. The molecule has 140 valence electrons. The number of benzene rings is 2. The molecule has 3 aromatic rings. The van der Waals surface area contributed by atoms with Crippen molar-refractivity contribution < 1.29 is 13.8 Å². The molecule has 0 fully saturated rings. The van der Waals surface area contributed by atoms with E-state index in [2.05, 4.69) is 4.98 Å². The lowest BCUT2D eigenvalue weighted by atomic mass is 10.1. The second kappa shape index (κ2) is 7.94. The Bertz CT molecular complexity index is 904. The van der Waals surface area contributed by atoms with Gasteiger partial charge in [0.25, 0.3) is 0 Å². The van der Waals surface area contributed by atoms with Crippen molar-refractivity contribution in [3.63, 3.8) is 0 Å². The molecule has 0 aliphatic carbocycles. The van der Waals surface area contributed by atoms with Gasteiger partial charge in [-0.1, -0.05) is 24.3 Å². The van der Waals surface area contributed by atoms with Crippen molar-refractivity contribution in [2.45, 2.75) is 21.5 Å². The molecule has 27 heavy (non-hydrogen) atoms. The fourth-order valence-electron chi connectivity index (χ4n) is 3.22. The van der Waals surface area contributed by atoms with Crippen LogP contribution in [-0.4, -0.2) is 26.4 Å². The predicted octanol–water partition coefficient (Wildman–Crippen LogP) is 5.66. The summed E-state index contributed by atoms with van der Waals surface area (Å²) in [6.45, 7) is 0.530. The summed E-state index contributed by atoms with van der Waals surface area (Å²) in [6, 6.07) is 19.6. The van der Waals surface area contributed by atoms with Gasteiger partial charge in [0.1, 0.15) is 5.75 Å². The monoisotopic (exact) mass is 399 g/mol. The van der Waals surface area contributed by atoms with Gasteiger partial charge in [0.05, 0.1) is 22.5 Å². The highest BCUT2D eigenvalue weighted by molar-refractivity contribution is 8.25. The SMILES string of the molecule is OS1(O)CC(Sc2ccccc2)c2c(OCCc3ccncc3)cccc21. The van der Waals surface area contributed by atoms with Gasteiger partial charge >= 0.3 is 0 Å². The molecule has 0 spiro atoms. The molecule has 0 amide bonds. The molecule has 2 aromatic carbocycles. The highest BCUT2D eigenvalue weighted by Gasteiger charge is 2.38. The van der Waals surface area contributed by atoms with E-state index in [9.17, 15) is 9.11 Å². The van der Waals surface area contributed by atoms with Gasteiger partial charge in [0.2, 0.25) is 0 Å². The zero-order chi connectivity index (χ0) is 18.7. The summed E-state index contributed by atoms with van der Waals surface area (Å²) in [7, 11) is -2.78. The minimum Gasteiger partial charge on any atom is -0.493 e. The van der Waals surface area contributed by atoms with Crippen molar-refractivity contribution in [2.24, 2.45) is 0 Å². The summed E-state index contributed by atoms with van der Waals surface area (Å²) in [4.78, 5) is 5.76. The van der Waals surface area contributed by atoms with Gasteiger partial charge in [0, 0.05) is 29.3 Å². The van der Waals surface area contributed by atoms with Crippen LogP contribution in [0.15, 0.2) is 82.8 Å². The van der Waals surface area contributed by atoms with Crippen LogP contribution in [0.4, 0.5) is 0 Å². The Balaban J connectivity index is 1.56. The molecular weight excluding hydrogens is 378 g/mol. The molecule has 2 N–H and O–H groups in total. The van der Waals surface area contributed by atoms with Gasteiger partial charge in [-0.2, -0.15) is 10.6 Å². The van der Waals surface area contributed by atoms with Gasteiger partial charge in [-0.3, -0.25) is 14.1 Å². The molecule has 2 heterocycles. The lowest BCUT2D eigenvalue weighted by Crippen LogP contribution is -2.04. The van der Waals surface area contributed by atoms with E-state index in [0.717, 1.165) is 28.2 Å². The van der Waals surface area contributed by atoms with Crippen LogP contribution in [0.2, 0.25) is 0 Å². The van der Waals surface area contributed by atoms with Gasteiger partial charge < -0.3 is 4.74 Å². The number of rotatable bonds is 6. The van der Waals surface area contributed by atoms with Crippen LogP contribution >= 0.6 is 22.4 Å². The summed E-state index contributed by atoms with van der Waals surface area (Å²) < 4.78 is 27.2. The van der Waals surface area contributed by atoms with E-state index in [0.29, 0.717) is 17.3 Å². The largest absolute Gasteiger partial charge is 0.493 e. The number of aromatic nitrogens is 1. The molecule has 0 bridgehead atoms. The van der Waals surface area contributed by atoms with Crippen molar-refractivity contribution in [1.82, 2.24) is 4.98 Å². The van der Waals surface area contributed by atoms with Crippen LogP contribution in [0.25, 0.3) is 0 Å². The Kier molecular flexibility index (Phi) is 5.41. The Morgan fingerprint density at radius 2 is 1.78 bits per heavy atom. The van der Waals surface area contributed by atoms with Gasteiger partial charge in [-0.05, 0) is 42.0 Å². The molecule has 4 nitrogen and oxygen atoms in total. The van der Waals surface area contributed by atoms with Gasteiger partial charge in [0.15, 0.2) is 0 Å². The first-order valence-electron chi connectivity index (χ1n) is 8.76. The number of fused-ring (bicyclic) bond motifs is 1. The van der Waals surface area contributed by atoms with Crippen LogP contribution < -0.4 is 4.74 Å². The van der Waals surface area contributed by atoms with Crippen molar-refractivity contribution in [2.75, 3.05) is 12.4 Å². The molecule has 6 heteroatoms. The number of ether oxygens (including phenoxy) is 1. The topological polar surface area (TPSA) is 62.6 Å². The van der Waals surface area contributed by atoms with Crippen molar-refractivity contribution in [1.29, 1.82) is 0 Å². The first-order valence-corrected chi connectivity index (χ1v) is 11.4. The van der Waals surface area contributed by atoms with Crippen LogP contribution in [0, 0.1) is 0 Å². The molecule has 1 unspecified atom stereocenters. The number of nitrogens with zero attached hydrogens (tertiary/aromatic N) is 1. The fourth-order valence-corrected chi connectivity index (χ4v) is 6.80. The maximum Gasteiger partial charge on any atom is 0.125 e. The van der Waals surface area contributed by atoms with E-state index in [-0.39, 0.29) is 5.25 Å². The third kappa shape index (κ3) is 4.14. The molecule has 0 saturated carbocycles. The minimum absolute atomic E-state index is 0.0375. The summed E-state index contributed by atoms with van der Waals surface area (Å²) in [5, 5.41) is -0.0375. The summed E-state index contributed by atoms with van der Waals surface area (Å²) >= 11 is 1.65. The predicted molar refractivity (Wildman–Crippen MR) is 111 cm³/mol. The van der Waals surface area contributed by atoms with E-state index in [1.165, 1.54) is 0 Å². The first-order chi connectivity index (χ1) is 13.1.